The SMILES string of the molecule is O=C(NCCn1ncc2c(=O)n(Cc3ccc(Cl)cc3)cnc21)c1ccc2ccccc2n1. The van der Waals surface area contributed by atoms with E-state index in [1.54, 1.807) is 22.9 Å². The predicted octanol–water partition coefficient (Wildman–Crippen LogP) is 3.27. The number of halogens is 1. The molecule has 0 aliphatic carbocycles. The molecular weight excluding hydrogens is 440 g/mol. The van der Waals surface area contributed by atoms with Gasteiger partial charge in [0.15, 0.2) is 5.65 Å². The average molecular weight is 459 g/mol. The summed E-state index contributed by atoms with van der Waals surface area (Å²) >= 11 is 5.92. The quantitative estimate of drug-likeness (QED) is 0.421. The second kappa shape index (κ2) is 8.84. The fourth-order valence-corrected chi connectivity index (χ4v) is 3.74. The number of carbonyl (C=O) groups excluding carboxylic acids is 1. The Labute approximate surface area is 193 Å². The summed E-state index contributed by atoms with van der Waals surface area (Å²) in [6.45, 7) is 1.08. The summed E-state index contributed by atoms with van der Waals surface area (Å²) in [5, 5.41) is 9.17. The number of carbonyl (C=O) groups is 1. The van der Waals surface area contributed by atoms with Crippen molar-refractivity contribution >= 4 is 39.4 Å². The van der Waals surface area contributed by atoms with Crippen LogP contribution in [0.1, 0.15) is 16.1 Å². The molecule has 1 N–H and O–H groups in total. The summed E-state index contributed by atoms with van der Waals surface area (Å²) in [6.07, 6.45) is 3.02. The van der Waals surface area contributed by atoms with Gasteiger partial charge in [0.1, 0.15) is 17.4 Å². The van der Waals surface area contributed by atoms with Crippen LogP contribution in [0.4, 0.5) is 0 Å². The minimum Gasteiger partial charge on any atom is -0.349 e. The third-order valence-corrected chi connectivity index (χ3v) is 5.58. The van der Waals surface area contributed by atoms with Crippen molar-refractivity contribution in [2.45, 2.75) is 13.1 Å². The summed E-state index contributed by atoms with van der Waals surface area (Å²) in [5.41, 5.74) is 2.36. The first kappa shape index (κ1) is 20.8. The van der Waals surface area contributed by atoms with Crippen LogP contribution in [-0.4, -0.2) is 36.8 Å². The zero-order valence-electron chi connectivity index (χ0n) is 17.5. The van der Waals surface area contributed by atoms with Crippen LogP contribution < -0.4 is 10.9 Å². The fourth-order valence-electron chi connectivity index (χ4n) is 3.62. The van der Waals surface area contributed by atoms with Crippen LogP contribution in [0.2, 0.25) is 5.02 Å². The molecule has 0 saturated carbocycles. The minimum atomic E-state index is -0.268. The van der Waals surface area contributed by atoms with Crippen molar-refractivity contribution < 1.29 is 4.79 Å². The number of para-hydroxylation sites is 1. The molecule has 8 nitrogen and oxygen atoms in total. The maximum atomic E-state index is 12.9. The highest BCUT2D eigenvalue weighted by atomic mass is 35.5. The predicted molar refractivity (Wildman–Crippen MR) is 126 cm³/mol. The highest BCUT2D eigenvalue weighted by Gasteiger charge is 2.12. The van der Waals surface area contributed by atoms with Crippen LogP contribution in [0.25, 0.3) is 21.9 Å². The van der Waals surface area contributed by atoms with Gasteiger partial charge in [-0.25, -0.2) is 14.6 Å². The molecular formula is C24H19ClN6O2. The number of aromatic nitrogens is 5. The number of nitrogens with zero attached hydrogens (tertiary/aromatic N) is 5. The van der Waals surface area contributed by atoms with E-state index >= 15 is 0 Å². The van der Waals surface area contributed by atoms with E-state index in [-0.39, 0.29) is 11.5 Å². The summed E-state index contributed by atoms with van der Waals surface area (Å²) in [4.78, 5) is 34.2. The first-order valence-electron chi connectivity index (χ1n) is 10.4. The van der Waals surface area contributed by atoms with Gasteiger partial charge in [0, 0.05) is 17.0 Å². The van der Waals surface area contributed by atoms with Crippen LogP contribution in [0.5, 0.6) is 0 Å². The number of hydrogen-bond donors (Lipinski definition) is 1. The Morgan fingerprint density at radius 3 is 2.70 bits per heavy atom. The van der Waals surface area contributed by atoms with E-state index < -0.39 is 0 Å². The summed E-state index contributed by atoms with van der Waals surface area (Å²) in [6, 6.07) is 18.5. The van der Waals surface area contributed by atoms with Crippen molar-refractivity contribution in [3.05, 3.63) is 99.8 Å². The lowest BCUT2D eigenvalue weighted by atomic mass is 10.2. The molecule has 2 aromatic carbocycles. The third-order valence-electron chi connectivity index (χ3n) is 5.33. The van der Waals surface area contributed by atoms with E-state index in [0.29, 0.717) is 41.4 Å². The number of hydrogen-bond acceptors (Lipinski definition) is 5. The standard InChI is InChI=1S/C24H19ClN6O2/c25-18-8-5-16(6-9-18)14-30-15-27-22-19(24(30)33)13-28-31(22)12-11-26-23(32)21-10-7-17-3-1-2-4-20(17)29-21/h1-10,13,15H,11-12,14H2,(H,26,32). The molecule has 0 fully saturated rings. The smallest absolute Gasteiger partial charge is 0.269 e. The van der Waals surface area contributed by atoms with Crippen LogP contribution >= 0.6 is 11.6 Å². The number of nitrogens with one attached hydrogen (secondary N) is 1. The fraction of sp³-hybridized carbons (Fsp3) is 0.125. The highest BCUT2D eigenvalue weighted by molar-refractivity contribution is 6.30. The van der Waals surface area contributed by atoms with Gasteiger partial charge in [-0.15, -0.1) is 0 Å². The molecule has 33 heavy (non-hydrogen) atoms. The number of rotatable bonds is 6. The number of fused-ring (bicyclic) bond motifs is 2. The van der Waals surface area contributed by atoms with Gasteiger partial charge in [-0.1, -0.05) is 48.0 Å². The monoisotopic (exact) mass is 458 g/mol. The zero-order chi connectivity index (χ0) is 22.8. The molecule has 164 valence electrons. The summed E-state index contributed by atoms with van der Waals surface area (Å²) in [5.74, 6) is -0.268. The van der Waals surface area contributed by atoms with E-state index in [1.807, 2.05) is 42.5 Å². The van der Waals surface area contributed by atoms with Crippen molar-refractivity contribution in [1.29, 1.82) is 0 Å². The van der Waals surface area contributed by atoms with Crippen molar-refractivity contribution in [1.82, 2.24) is 29.6 Å². The van der Waals surface area contributed by atoms with E-state index in [4.69, 9.17) is 11.6 Å². The topological polar surface area (TPSA) is 94.7 Å². The third kappa shape index (κ3) is 4.33. The van der Waals surface area contributed by atoms with E-state index in [0.717, 1.165) is 16.5 Å². The molecule has 5 rings (SSSR count). The Kier molecular flexibility index (Phi) is 5.58. The van der Waals surface area contributed by atoms with Crippen molar-refractivity contribution in [2.75, 3.05) is 6.54 Å². The molecule has 0 unspecified atom stereocenters. The van der Waals surface area contributed by atoms with Gasteiger partial charge in [0.2, 0.25) is 0 Å². The Bertz CT molecular complexity index is 1520. The number of benzene rings is 2. The lowest BCUT2D eigenvalue weighted by Gasteiger charge is -2.08. The lowest BCUT2D eigenvalue weighted by Crippen LogP contribution is -2.28. The molecule has 0 radical (unpaired) electrons. The van der Waals surface area contributed by atoms with Crippen LogP contribution in [-0.2, 0) is 13.1 Å². The van der Waals surface area contributed by atoms with E-state index in [1.165, 1.54) is 17.1 Å². The Hall–Kier alpha value is -4.04. The van der Waals surface area contributed by atoms with Gasteiger partial charge in [-0.05, 0) is 29.8 Å². The van der Waals surface area contributed by atoms with Gasteiger partial charge < -0.3 is 5.32 Å². The van der Waals surface area contributed by atoms with E-state index in [2.05, 4.69) is 20.4 Å². The van der Waals surface area contributed by atoms with Gasteiger partial charge in [0.25, 0.3) is 11.5 Å². The van der Waals surface area contributed by atoms with Gasteiger partial charge >= 0.3 is 0 Å². The highest BCUT2D eigenvalue weighted by Crippen LogP contribution is 2.13. The maximum Gasteiger partial charge on any atom is 0.269 e. The molecule has 0 saturated heterocycles. The zero-order valence-corrected chi connectivity index (χ0v) is 18.2. The molecule has 0 atom stereocenters. The maximum absolute atomic E-state index is 12.9. The second-order valence-electron chi connectivity index (χ2n) is 7.55. The lowest BCUT2D eigenvalue weighted by molar-refractivity contribution is 0.0947. The van der Waals surface area contributed by atoms with Gasteiger partial charge in [0.05, 0.1) is 24.8 Å². The summed E-state index contributed by atoms with van der Waals surface area (Å²) < 4.78 is 3.14. The molecule has 0 aliphatic rings. The molecule has 5 aromatic rings. The van der Waals surface area contributed by atoms with Gasteiger partial charge in [-0.2, -0.15) is 5.10 Å². The first-order valence-corrected chi connectivity index (χ1v) is 10.8. The van der Waals surface area contributed by atoms with Crippen molar-refractivity contribution in [2.24, 2.45) is 0 Å². The summed E-state index contributed by atoms with van der Waals surface area (Å²) in [7, 11) is 0. The molecule has 3 aromatic heterocycles. The van der Waals surface area contributed by atoms with E-state index in [9.17, 15) is 9.59 Å². The molecule has 3 heterocycles. The first-order chi connectivity index (χ1) is 16.1. The Morgan fingerprint density at radius 2 is 1.85 bits per heavy atom. The largest absolute Gasteiger partial charge is 0.349 e. The van der Waals surface area contributed by atoms with Crippen LogP contribution in [0.3, 0.4) is 0 Å². The molecule has 0 spiro atoms. The number of pyridine rings is 1. The molecule has 1 amide bonds. The van der Waals surface area contributed by atoms with Crippen molar-refractivity contribution in [3.8, 4) is 0 Å². The molecule has 0 aliphatic heterocycles. The second-order valence-corrected chi connectivity index (χ2v) is 7.99. The average Bonchev–Trinajstić information content (AvgIpc) is 3.25. The molecule has 9 heteroatoms. The minimum absolute atomic E-state index is 0.175. The van der Waals surface area contributed by atoms with Crippen molar-refractivity contribution in [3.63, 3.8) is 0 Å². The normalized spacial score (nSPS) is 11.2. The Morgan fingerprint density at radius 1 is 1.03 bits per heavy atom. The number of amides is 1. The van der Waals surface area contributed by atoms with Gasteiger partial charge in [-0.3, -0.25) is 14.2 Å². The van der Waals surface area contributed by atoms with Crippen LogP contribution in [0, 0.1) is 0 Å². The molecule has 0 bridgehead atoms. The van der Waals surface area contributed by atoms with Crippen LogP contribution in [0.15, 0.2) is 78.0 Å². The Balaban J connectivity index is 1.27.